The van der Waals surface area contributed by atoms with E-state index < -0.39 is 5.97 Å². The number of carbonyl (C=O) groups is 1. The second-order valence-electron chi connectivity index (χ2n) is 1.26. The van der Waals surface area contributed by atoms with Crippen LogP contribution in [-0.4, -0.2) is 5.97 Å². The van der Waals surface area contributed by atoms with Gasteiger partial charge in [-0.05, 0) is 12.1 Å². The van der Waals surface area contributed by atoms with Gasteiger partial charge in [0.05, 0.1) is 6.26 Å². The normalized spacial score (nSPS) is 8.00. The minimum atomic E-state index is -1.28. The first-order valence-electron chi connectivity index (χ1n) is 2.05. The molecule has 0 fully saturated rings. The fourth-order valence-corrected chi connectivity index (χ4v) is 0.395. The Bertz CT molecular complexity index is 180. The zero-order chi connectivity index (χ0) is 5.98. The Labute approximate surface area is 67.2 Å². The Hall–Kier alpha value is -0.510. The molecule has 9 heavy (non-hydrogen) atoms. The van der Waals surface area contributed by atoms with Gasteiger partial charge in [-0.2, -0.15) is 0 Å². The van der Waals surface area contributed by atoms with Gasteiger partial charge in [0.15, 0.2) is 0 Å². The first kappa shape index (κ1) is 8.49. The maximum Gasteiger partial charge on any atom is 1.00 e. The van der Waals surface area contributed by atoms with Crippen LogP contribution >= 0.6 is 0 Å². The monoisotopic (exact) mass is 218 g/mol. The molecule has 3 nitrogen and oxygen atoms in total. The summed E-state index contributed by atoms with van der Waals surface area (Å²) in [7, 11) is 0. The molecule has 0 bridgehead atoms. The van der Waals surface area contributed by atoms with Gasteiger partial charge >= 0.3 is 22.4 Å². The molecule has 1 aromatic heterocycles. The van der Waals surface area contributed by atoms with Crippen molar-refractivity contribution in [2.75, 3.05) is 0 Å². The molecule has 4 heteroatoms. The summed E-state index contributed by atoms with van der Waals surface area (Å²) in [6.45, 7) is 0. The van der Waals surface area contributed by atoms with Crippen molar-refractivity contribution in [2.24, 2.45) is 0 Å². The minimum absolute atomic E-state index is 0. The van der Waals surface area contributed by atoms with Crippen molar-refractivity contribution in [3.8, 4) is 0 Å². The van der Waals surface area contributed by atoms with E-state index in [2.05, 4.69) is 4.42 Å². The van der Waals surface area contributed by atoms with Crippen LogP contribution in [0.2, 0.25) is 0 Å². The first-order valence-corrected chi connectivity index (χ1v) is 2.05. The van der Waals surface area contributed by atoms with E-state index in [0.29, 0.717) is 0 Å². The molecular weight excluding hydrogens is 216 g/mol. The Morgan fingerprint density at radius 1 is 1.67 bits per heavy atom. The van der Waals surface area contributed by atoms with E-state index in [-0.39, 0.29) is 28.1 Å². The summed E-state index contributed by atoms with van der Waals surface area (Å²) >= 11 is 0. The number of aromatic carboxylic acids is 1. The summed E-state index contributed by atoms with van der Waals surface area (Å²) in [5.74, 6) is -1.42. The number of carboxylic acid groups (broad SMARTS) is 1. The van der Waals surface area contributed by atoms with Gasteiger partial charge < -0.3 is 14.3 Å². The van der Waals surface area contributed by atoms with E-state index >= 15 is 0 Å². The predicted octanol–water partition coefficient (Wildman–Crippen LogP) is -0.359. The van der Waals surface area contributed by atoms with Gasteiger partial charge in [-0.15, -0.1) is 0 Å². The fourth-order valence-electron chi connectivity index (χ4n) is 0.395. The van der Waals surface area contributed by atoms with E-state index in [4.69, 9.17) is 0 Å². The summed E-state index contributed by atoms with van der Waals surface area (Å²) in [5, 5.41) is 9.86. The van der Waals surface area contributed by atoms with Crippen LogP contribution in [0.1, 0.15) is 10.6 Å². The molecule has 0 spiro atoms. The molecule has 0 aliphatic heterocycles. The van der Waals surface area contributed by atoms with E-state index in [1.807, 2.05) is 0 Å². The fraction of sp³-hybridized carbons (Fsp3) is 0. The van der Waals surface area contributed by atoms with Crippen LogP contribution in [0.4, 0.5) is 0 Å². The molecule has 0 aromatic carbocycles. The number of hydrogen-bond acceptors (Lipinski definition) is 3. The third-order valence-corrected chi connectivity index (χ3v) is 0.722. The molecule has 0 amide bonds. The van der Waals surface area contributed by atoms with Crippen molar-refractivity contribution in [1.82, 2.24) is 0 Å². The molecule has 0 unspecified atom stereocenters. The number of furan rings is 1. The van der Waals surface area contributed by atoms with Gasteiger partial charge in [-0.3, -0.25) is 0 Å². The first-order chi connectivity index (χ1) is 3.80. The average Bonchev–Trinajstić information content (AvgIpc) is 2.12. The van der Waals surface area contributed by atoms with Crippen molar-refractivity contribution in [3.05, 3.63) is 24.2 Å². The predicted molar refractivity (Wildman–Crippen MR) is 23.0 cm³/mol. The molecule has 0 radical (unpaired) electrons. The smallest absolute Gasteiger partial charge is 0.542 e. The van der Waals surface area contributed by atoms with E-state index in [0.717, 1.165) is 0 Å². The molecule has 52 valence electrons. The second kappa shape index (κ2) is 3.50. The van der Waals surface area contributed by atoms with Gasteiger partial charge in [0.2, 0.25) is 0 Å². The molecule has 0 N–H and O–H groups in total. The third kappa shape index (κ3) is 2.05. The Morgan fingerprint density at radius 2 is 2.33 bits per heavy atom. The number of rotatable bonds is 1. The van der Waals surface area contributed by atoms with Crippen molar-refractivity contribution < 1.29 is 36.7 Å². The average molecular weight is 219 g/mol. The molecule has 0 saturated heterocycles. The van der Waals surface area contributed by atoms with Gasteiger partial charge in [0.25, 0.3) is 0 Å². The molecule has 0 aliphatic carbocycles. The topological polar surface area (TPSA) is 53.3 Å². The zero-order valence-corrected chi connectivity index (χ0v) is 5.74. The van der Waals surface area contributed by atoms with Crippen molar-refractivity contribution in [3.63, 3.8) is 0 Å². The molecule has 0 aliphatic rings. The SMILES string of the molecule is O=C([O-])c1ccco1.[Ag+]. The minimum Gasteiger partial charge on any atom is -0.542 e. The number of carbonyl (C=O) groups excluding carboxylic acids is 1. The summed E-state index contributed by atoms with van der Waals surface area (Å²) in [5.41, 5.74) is 0. The standard InChI is InChI=1S/C5H4O3.Ag/c6-5(7)4-2-1-3-8-4;/h1-3H,(H,6,7);/q;+1/p-1. The molecule has 1 rings (SSSR count). The molecular formula is C5H3AgO3. The maximum absolute atomic E-state index is 9.86. The van der Waals surface area contributed by atoms with Crippen molar-refractivity contribution >= 4 is 5.97 Å². The molecule has 0 atom stereocenters. The van der Waals surface area contributed by atoms with E-state index in [1.165, 1.54) is 18.4 Å². The third-order valence-electron chi connectivity index (χ3n) is 0.722. The Balaban J connectivity index is 0.000000640. The van der Waals surface area contributed by atoms with Gasteiger partial charge in [0, 0.05) is 0 Å². The maximum atomic E-state index is 9.86. The van der Waals surface area contributed by atoms with E-state index in [1.54, 1.807) is 0 Å². The van der Waals surface area contributed by atoms with Gasteiger partial charge in [-0.25, -0.2) is 0 Å². The van der Waals surface area contributed by atoms with Crippen molar-refractivity contribution in [1.29, 1.82) is 0 Å². The van der Waals surface area contributed by atoms with Crippen LogP contribution in [0.5, 0.6) is 0 Å². The Kier molecular flexibility index (Phi) is 3.30. The van der Waals surface area contributed by atoms with Crippen LogP contribution in [0.3, 0.4) is 0 Å². The molecule has 1 heterocycles. The van der Waals surface area contributed by atoms with Gasteiger partial charge in [-0.1, -0.05) is 0 Å². The summed E-state index contributed by atoms with van der Waals surface area (Å²) in [6.07, 6.45) is 1.28. The Morgan fingerprint density at radius 3 is 2.56 bits per heavy atom. The largest absolute Gasteiger partial charge is 1.00 e. The van der Waals surface area contributed by atoms with E-state index in [9.17, 15) is 9.90 Å². The zero-order valence-electron chi connectivity index (χ0n) is 4.26. The summed E-state index contributed by atoms with van der Waals surface area (Å²) < 4.78 is 4.43. The summed E-state index contributed by atoms with van der Waals surface area (Å²) in [4.78, 5) is 9.86. The molecule has 1 aromatic rings. The van der Waals surface area contributed by atoms with Crippen LogP contribution in [0, 0.1) is 0 Å². The quantitative estimate of drug-likeness (QED) is 0.606. The summed E-state index contributed by atoms with van der Waals surface area (Å²) in [6, 6.07) is 2.82. The second-order valence-corrected chi connectivity index (χ2v) is 1.26. The van der Waals surface area contributed by atoms with Crippen LogP contribution < -0.4 is 5.11 Å². The van der Waals surface area contributed by atoms with Crippen LogP contribution in [-0.2, 0) is 22.4 Å². The number of hydrogen-bond donors (Lipinski definition) is 0. The van der Waals surface area contributed by atoms with Crippen LogP contribution in [0.15, 0.2) is 22.8 Å². The molecule has 0 saturated carbocycles. The van der Waals surface area contributed by atoms with Gasteiger partial charge in [0.1, 0.15) is 11.7 Å². The van der Waals surface area contributed by atoms with Crippen LogP contribution in [0.25, 0.3) is 0 Å². The van der Waals surface area contributed by atoms with Crippen molar-refractivity contribution in [2.45, 2.75) is 0 Å². The number of carboxylic acids is 1.